The Bertz CT molecular complexity index is 895. The molecule has 146 valence electrons. The van der Waals surface area contributed by atoms with Gasteiger partial charge in [0, 0.05) is 25.2 Å². The second-order valence-electron chi connectivity index (χ2n) is 6.69. The predicted molar refractivity (Wildman–Crippen MR) is 102 cm³/mol. The van der Waals surface area contributed by atoms with Crippen LogP contribution in [0.3, 0.4) is 0 Å². The zero-order chi connectivity index (χ0) is 20.9. The number of nitrogens with zero attached hydrogens (tertiary/aromatic N) is 1. The molecule has 1 saturated carbocycles. The Morgan fingerprint density at radius 3 is 2.29 bits per heavy atom. The highest BCUT2D eigenvalue weighted by Gasteiger charge is 2.47. The van der Waals surface area contributed by atoms with Crippen molar-refractivity contribution in [1.82, 2.24) is 15.7 Å². The molecule has 8 heteroatoms. The van der Waals surface area contributed by atoms with Crippen molar-refractivity contribution in [2.75, 3.05) is 14.1 Å². The highest BCUT2D eigenvalue weighted by atomic mass is 16.5. The Morgan fingerprint density at radius 1 is 1.18 bits per heavy atom. The van der Waals surface area contributed by atoms with Crippen LogP contribution in [0.1, 0.15) is 35.7 Å². The Balaban J connectivity index is 2.18. The van der Waals surface area contributed by atoms with Crippen molar-refractivity contribution >= 4 is 17.7 Å². The summed E-state index contributed by atoms with van der Waals surface area (Å²) in [5.74, 6) is 8.85. The number of hydroxylamine groups is 1. The van der Waals surface area contributed by atoms with E-state index in [1.807, 2.05) is 0 Å². The van der Waals surface area contributed by atoms with Crippen LogP contribution in [-0.2, 0) is 9.59 Å². The van der Waals surface area contributed by atoms with E-state index in [0.29, 0.717) is 5.56 Å². The largest absolute Gasteiger partial charge is 0.357 e. The molecule has 8 nitrogen and oxygen atoms in total. The van der Waals surface area contributed by atoms with Crippen molar-refractivity contribution in [3.63, 3.8) is 0 Å². The third-order valence-electron chi connectivity index (χ3n) is 4.69. The minimum atomic E-state index is -1.93. The molecule has 0 saturated heterocycles. The number of rotatable bonds is 4. The van der Waals surface area contributed by atoms with E-state index in [1.165, 1.54) is 38.6 Å². The van der Waals surface area contributed by atoms with Crippen LogP contribution in [0.2, 0.25) is 0 Å². The lowest BCUT2D eigenvalue weighted by atomic mass is 9.96. The molecule has 0 aromatic heterocycles. The first-order valence-electron chi connectivity index (χ1n) is 8.55. The fourth-order valence-corrected chi connectivity index (χ4v) is 2.37. The lowest BCUT2D eigenvalue weighted by Crippen LogP contribution is -2.64. The van der Waals surface area contributed by atoms with Gasteiger partial charge in [0.15, 0.2) is 5.54 Å². The number of carbonyl (C=O) groups is 3. The first-order chi connectivity index (χ1) is 13.2. The lowest BCUT2D eigenvalue weighted by Gasteiger charge is -2.34. The number of nitrogens with two attached hydrogens (primary N) is 1. The van der Waals surface area contributed by atoms with Crippen LogP contribution in [-0.4, -0.2) is 53.0 Å². The van der Waals surface area contributed by atoms with Gasteiger partial charge in [-0.25, -0.2) is 5.48 Å². The molecule has 0 aliphatic heterocycles. The molecule has 5 N–H and O–H groups in total. The SMILES string of the molecule is CNC(=O)[C@@](C)(C(=O)NO)N(C)C(=O)c1ccc(C#CC#CC2(N)CC2)cc1. The first kappa shape index (κ1) is 21.0. The summed E-state index contributed by atoms with van der Waals surface area (Å²) in [6.45, 7) is 1.23. The fraction of sp³-hybridized carbons (Fsp3) is 0.350. The van der Waals surface area contributed by atoms with Gasteiger partial charge in [-0.05, 0) is 55.9 Å². The summed E-state index contributed by atoms with van der Waals surface area (Å²) >= 11 is 0. The molecule has 0 unspecified atom stereocenters. The molecular weight excluding hydrogens is 360 g/mol. The summed E-state index contributed by atoms with van der Waals surface area (Å²) in [7, 11) is 2.63. The second kappa shape index (κ2) is 8.13. The van der Waals surface area contributed by atoms with E-state index in [2.05, 4.69) is 29.0 Å². The van der Waals surface area contributed by atoms with Gasteiger partial charge in [0.2, 0.25) is 0 Å². The molecular formula is C20H22N4O4. The van der Waals surface area contributed by atoms with Crippen LogP contribution in [0.4, 0.5) is 0 Å². The topological polar surface area (TPSA) is 125 Å². The normalized spacial score (nSPS) is 15.5. The fourth-order valence-electron chi connectivity index (χ4n) is 2.37. The van der Waals surface area contributed by atoms with Crippen LogP contribution < -0.4 is 16.5 Å². The van der Waals surface area contributed by atoms with Crippen molar-refractivity contribution < 1.29 is 19.6 Å². The summed E-state index contributed by atoms with van der Waals surface area (Å²) in [4.78, 5) is 37.9. The van der Waals surface area contributed by atoms with Gasteiger partial charge >= 0.3 is 0 Å². The summed E-state index contributed by atoms with van der Waals surface area (Å²) < 4.78 is 0. The number of hydrogen-bond donors (Lipinski definition) is 4. The van der Waals surface area contributed by atoms with Crippen molar-refractivity contribution in [3.05, 3.63) is 35.4 Å². The average Bonchev–Trinajstić information content (AvgIpc) is 3.45. The average molecular weight is 382 g/mol. The molecule has 28 heavy (non-hydrogen) atoms. The number of benzene rings is 1. The van der Waals surface area contributed by atoms with E-state index in [4.69, 9.17) is 10.9 Å². The smallest absolute Gasteiger partial charge is 0.278 e. The maximum absolute atomic E-state index is 12.7. The van der Waals surface area contributed by atoms with Crippen LogP contribution in [0.25, 0.3) is 0 Å². The van der Waals surface area contributed by atoms with Gasteiger partial charge in [0.05, 0.1) is 5.54 Å². The van der Waals surface area contributed by atoms with Crippen molar-refractivity contribution in [2.45, 2.75) is 30.8 Å². The summed E-state index contributed by atoms with van der Waals surface area (Å²) in [5.41, 5.74) is 5.86. The minimum Gasteiger partial charge on any atom is -0.357 e. The Morgan fingerprint density at radius 2 is 1.79 bits per heavy atom. The number of likely N-dealkylation sites (N-methyl/N-ethyl adjacent to an activating group) is 2. The van der Waals surface area contributed by atoms with Gasteiger partial charge in [-0.2, -0.15) is 0 Å². The highest BCUT2D eigenvalue weighted by Crippen LogP contribution is 2.30. The van der Waals surface area contributed by atoms with Gasteiger partial charge in [0.25, 0.3) is 17.7 Å². The van der Waals surface area contributed by atoms with Gasteiger partial charge in [-0.1, -0.05) is 11.8 Å². The van der Waals surface area contributed by atoms with E-state index in [0.717, 1.165) is 17.7 Å². The van der Waals surface area contributed by atoms with Crippen molar-refractivity contribution in [3.8, 4) is 23.7 Å². The third kappa shape index (κ3) is 4.32. The number of carbonyl (C=O) groups excluding carboxylic acids is 3. The minimum absolute atomic E-state index is 0.249. The van der Waals surface area contributed by atoms with E-state index in [-0.39, 0.29) is 11.1 Å². The van der Waals surface area contributed by atoms with Gasteiger partial charge < -0.3 is 16.0 Å². The zero-order valence-corrected chi connectivity index (χ0v) is 15.9. The molecule has 1 aliphatic carbocycles. The molecule has 0 spiro atoms. The van der Waals surface area contributed by atoms with E-state index < -0.39 is 23.3 Å². The second-order valence-corrected chi connectivity index (χ2v) is 6.69. The van der Waals surface area contributed by atoms with Gasteiger partial charge in [-0.3, -0.25) is 19.6 Å². The van der Waals surface area contributed by atoms with Crippen LogP contribution in [0.15, 0.2) is 24.3 Å². The predicted octanol–water partition coefficient (Wildman–Crippen LogP) is -0.385. The Hall–Kier alpha value is -3.33. The maximum atomic E-state index is 12.7. The third-order valence-corrected chi connectivity index (χ3v) is 4.69. The summed E-state index contributed by atoms with van der Waals surface area (Å²) in [6.07, 6.45) is 1.77. The Kier molecular flexibility index (Phi) is 6.09. The first-order valence-corrected chi connectivity index (χ1v) is 8.55. The zero-order valence-electron chi connectivity index (χ0n) is 15.9. The van der Waals surface area contributed by atoms with E-state index in [1.54, 1.807) is 12.1 Å². The van der Waals surface area contributed by atoms with Gasteiger partial charge in [-0.15, -0.1) is 0 Å². The lowest BCUT2D eigenvalue weighted by molar-refractivity contribution is -0.148. The molecule has 1 aliphatic rings. The van der Waals surface area contributed by atoms with Crippen LogP contribution in [0, 0.1) is 23.7 Å². The number of nitrogens with one attached hydrogen (secondary N) is 2. The molecule has 0 radical (unpaired) electrons. The van der Waals surface area contributed by atoms with Gasteiger partial charge in [0.1, 0.15) is 0 Å². The molecule has 1 aromatic rings. The molecule has 0 heterocycles. The highest BCUT2D eigenvalue weighted by molar-refractivity contribution is 6.12. The summed E-state index contributed by atoms with van der Waals surface area (Å²) in [5, 5.41) is 11.3. The van der Waals surface area contributed by atoms with Crippen molar-refractivity contribution in [1.29, 1.82) is 0 Å². The molecule has 1 fully saturated rings. The molecule has 1 aromatic carbocycles. The monoisotopic (exact) mass is 382 g/mol. The quantitative estimate of drug-likeness (QED) is 0.244. The van der Waals surface area contributed by atoms with Crippen molar-refractivity contribution in [2.24, 2.45) is 5.73 Å². The standard InChI is InChI=1S/C20H22N4O4/c1-19(17(26)22-2,18(27)23-28)24(3)16(25)15-9-7-14(8-10-15)6-4-5-11-20(21)12-13-20/h7-10,28H,12-13,21H2,1-3H3,(H,22,26)(H,23,27)/t19-/m0/s1. The van der Waals surface area contributed by atoms with Crippen LogP contribution >= 0.6 is 0 Å². The molecule has 2 rings (SSSR count). The number of amides is 3. The maximum Gasteiger partial charge on any atom is 0.278 e. The number of hydrogen-bond acceptors (Lipinski definition) is 5. The molecule has 0 bridgehead atoms. The van der Waals surface area contributed by atoms with E-state index in [9.17, 15) is 14.4 Å². The molecule has 1 atom stereocenters. The Labute approximate surface area is 163 Å². The van der Waals surface area contributed by atoms with E-state index >= 15 is 0 Å². The molecule has 3 amide bonds. The summed E-state index contributed by atoms with van der Waals surface area (Å²) in [6, 6.07) is 6.33. The van der Waals surface area contributed by atoms with Crippen LogP contribution in [0.5, 0.6) is 0 Å².